The molecular formula is C8H17NO. The molecule has 2 nitrogen and oxygen atoms in total. The number of rotatable bonds is 3. The molecule has 1 fully saturated rings. The van der Waals surface area contributed by atoms with E-state index in [0.29, 0.717) is 6.10 Å². The SMILES string of the molecule is CO[C@@H](C)CN1CCCC1. The summed E-state index contributed by atoms with van der Waals surface area (Å²) in [4.78, 5) is 2.47. The van der Waals surface area contributed by atoms with Gasteiger partial charge in [0.25, 0.3) is 0 Å². The van der Waals surface area contributed by atoms with Crippen LogP contribution in [0.4, 0.5) is 0 Å². The molecule has 1 saturated heterocycles. The molecule has 0 bridgehead atoms. The van der Waals surface area contributed by atoms with Gasteiger partial charge in [0.15, 0.2) is 0 Å². The summed E-state index contributed by atoms with van der Waals surface area (Å²) in [5, 5.41) is 0. The van der Waals surface area contributed by atoms with Crippen molar-refractivity contribution >= 4 is 0 Å². The molecule has 0 spiro atoms. The van der Waals surface area contributed by atoms with Crippen LogP contribution >= 0.6 is 0 Å². The normalized spacial score (nSPS) is 23.4. The fourth-order valence-corrected chi connectivity index (χ4v) is 1.40. The highest BCUT2D eigenvalue weighted by Gasteiger charge is 2.13. The number of likely N-dealkylation sites (tertiary alicyclic amines) is 1. The van der Waals surface area contributed by atoms with Crippen LogP contribution in [0.2, 0.25) is 0 Å². The van der Waals surface area contributed by atoms with E-state index in [9.17, 15) is 0 Å². The fourth-order valence-electron chi connectivity index (χ4n) is 1.40. The zero-order chi connectivity index (χ0) is 7.40. The van der Waals surface area contributed by atoms with Gasteiger partial charge < -0.3 is 9.64 Å². The van der Waals surface area contributed by atoms with Crippen molar-refractivity contribution in [2.45, 2.75) is 25.9 Å². The molecule has 1 atom stereocenters. The number of hydrogen-bond acceptors (Lipinski definition) is 2. The summed E-state index contributed by atoms with van der Waals surface area (Å²) in [5.41, 5.74) is 0. The van der Waals surface area contributed by atoms with Gasteiger partial charge in [0.2, 0.25) is 0 Å². The monoisotopic (exact) mass is 143 g/mol. The number of hydrogen-bond donors (Lipinski definition) is 0. The standard InChI is InChI=1S/C8H17NO/c1-8(10-2)7-9-5-3-4-6-9/h8H,3-7H2,1-2H3/t8-/m0/s1. The third kappa shape index (κ3) is 2.27. The number of ether oxygens (including phenoxy) is 1. The minimum Gasteiger partial charge on any atom is -0.380 e. The average Bonchev–Trinajstić information content (AvgIpc) is 2.40. The van der Waals surface area contributed by atoms with Gasteiger partial charge in [0.05, 0.1) is 6.10 Å². The minimum absolute atomic E-state index is 0.401. The van der Waals surface area contributed by atoms with E-state index in [1.165, 1.54) is 25.9 Å². The highest BCUT2D eigenvalue weighted by molar-refractivity contribution is 4.68. The Morgan fingerprint density at radius 2 is 2.00 bits per heavy atom. The Hall–Kier alpha value is -0.0800. The first kappa shape index (κ1) is 8.02. The molecule has 0 radical (unpaired) electrons. The molecule has 10 heavy (non-hydrogen) atoms. The third-order valence-electron chi connectivity index (χ3n) is 2.12. The van der Waals surface area contributed by atoms with Gasteiger partial charge in [-0.15, -0.1) is 0 Å². The number of methoxy groups -OCH3 is 1. The molecule has 0 aromatic carbocycles. The Morgan fingerprint density at radius 3 is 2.50 bits per heavy atom. The van der Waals surface area contributed by atoms with E-state index < -0.39 is 0 Å². The second-order valence-corrected chi connectivity index (χ2v) is 3.05. The summed E-state index contributed by atoms with van der Waals surface area (Å²) in [6, 6.07) is 0. The second-order valence-electron chi connectivity index (χ2n) is 3.05. The summed E-state index contributed by atoms with van der Waals surface area (Å²) in [7, 11) is 1.78. The molecule has 1 aliphatic heterocycles. The van der Waals surface area contributed by atoms with Crippen LogP contribution in [0.15, 0.2) is 0 Å². The quantitative estimate of drug-likeness (QED) is 0.587. The second kappa shape index (κ2) is 3.94. The molecule has 0 unspecified atom stereocenters. The van der Waals surface area contributed by atoms with Crippen LogP contribution in [0.3, 0.4) is 0 Å². The molecule has 0 aromatic heterocycles. The zero-order valence-corrected chi connectivity index (χ0v) is 6.97. The van der Waals surface area contributed by atoms with Crippen molar-refractivity contribution < 1.29 is 4.74 Å². The van der Waals surface area contributed by atoms with Crippen LogP contribution in [-0.2, 0) is 4.74 Å². The predicted molar refractivity (Wildman–Crippen MR) is 42.1 cm³/mol. The van der Waals surface area contributed by atoms with E-state index in [4.69, 9.17) is 4.74 Å². The maximum absolute atomic E-state index is 5.17. The molecule has 0 N–H and O–H groups in total. The Morgan fingerprint density at radius 1 is 1.40 bits per heavy atom. The van der Waals surface area contributed by atoms with Crippen molar-refractivity contribution in [3.05, 3.63) is 0 Å². The van der Waals surface area contributed by atoms with Crippen molar-refractivity contribution in [2.24, 2.45) is 0 Å². The first-order chi connectivity index (χ1) is 4.83. The summed E-state index contributed by atoms with van der Waals surface area (Å²) in [6.45, 7) is 5.77. The van der Waals surface area contributed by atoms with Gasteiger partial charge in [-0.05, 0) is 32.9 Å². The molecule has 1 heterocycles. The Balaban J connectivity index is 2.11. The first-order valence-corrected chi connectivity index (χ1v) is 4.08. The molecule has 2 heteroatoms. The molecule has 0 aromatic rings. The van der Waals surface area contributed by atoms with E-state index in [1.54, 1.807) is 7.11 Å². The smallest absolute Gasteiger partial charge is 0.0670 e. The van der Waals surface area contributed by atoms with Gasteiger partial charge in [0, 0.05) is 13.7 Å². The Labute approximate surface area is 63.2 Å². The van der Waals surface area contributed by atoms with E-state index in [1.807, 2.05) is 0 Å². The summed E-state index contributed by atoms with van der Waals surface area (Å²) < 4.78 is 5.17. The molecule has 60 valence electrons. The third-order valence-corrected chi connectivity index (χ3v) is 2.12. The van der Waals surface area contributed by atoms with E-state index in [2.05, 4.69) is 11.8 Å². The lowest BCUT2D eigenvalue weighted by Crippen LogP contribution is -2.29. The van der Waals surface area contributed by atoms with Gasteiger partial charge in [-0.1, -0.05) is 0 Å². The summed E-state index contributed by atoms with van der Waals surface area (Å²) >= 11 is 0. The van der Waals surface area contributed by atoms with Crippen LogP contribution in [-0.4, -0.2) is 37.7 Å². The summed E-state index contributed by atoms with van der Waals surface area (Å²) in [5.74, 6) is 0. The lowest BCUT2D eigenvalue weighted by Gasteiger charge is -2.18. The number of nitrogens with zero attached hydrogens (tertiary/aromatic N) is 1. The van der Waals surface area contributed by atoms with Crippen LogP contribution in [0.5, 0.6) is 0 Å². The van der Waals surface area contributed by atoms with Gasteiger partial charge in [-0.25, -0.2) is 0 Å². The van der Waals surface area contributed by atoms with Gasteiger partial charge in [-0.2, -0.15) is 0 Å². The molecular weight excluding hydrogens is 126 g/mol. The maximum Gasteiger partial charge on any atom is 0.0670 e. The van der Waals surface area contributed by atoms with Crippen molar-refractivity contribution in [3.8, 4) is 0 Å². The molecule has 0 aliphatic carbocycles. The van der Waals surface area contributed by atoms with Gasteiger partial charge in [0.1, 0.15) is 0 Å². The van der Waals surface area contributed by atoms with E-state index in [0.717, 1.165) is 6.54 Å². The Kier molecular flexibility index (Phi) is 3.16. The van der Waals surface area contributed by atoms with Gasteiger partial charge >= 0.3 is 0 Å². The highest BCUT2D eigenvalue weighted by atomic mass is 16.5. The van der Waals surface area contributed by atoms with Crippen LogP contribution in [0.25, 0.3) is 0 Å². The Bertz CT molecular complexity index is 89.3. The molecule has 0 amide bonds. The molecule has 1 aliphatic rings. The largest absolute Gasteiger partial charge is 0.380 e. The molecule has 1 rings (SSSR count). The van der Waals surface area contributed by atoms with E-state index >= 15 is 0 Å². The van der Waals surface area contributed by atoms with Crippen molar-refractivity contribution in [1.29, 1.82) is 0 Å². The van der Waals surface area contributed by atoms with Crippen LogP contribution < -0.4 is 0 Å². The predicted octanol–water partition coefficient (Wildman–Crippen LogP) is 1.12. The van der Waals surface area contributed by atoms with E-state index in [-0.39, 0.29) is 0 Å². The highest BCUT2D eigenvalue weighted by Crippen LogP contribution is 2.07. The van der Waals surface area contributed by atoms with Crippen LogP contribution in [0.1, 0.15) is 19.8 Å². The molecule has 0 saturated carbocycles. The first-order valence-electron chi connectivity index (χ1n) is 4.08. The lowest BCUT2D eigenvalue weighted by molar-refractivity contribution is 0.0852. The fraction of sp³-hybridized carbons (Fsp3) is 1.00. The minimum atomic E-state index is 0.401. The van der Waals surface area contributed by atoms with Gasteiger partial charge in [-0.3, -0.25) is 0 Å². The van der Waals surface area contributed by atoms with Crippen molar-refractivity contribution in [1.82, 2.24) is 4.90 Å². The van der Waals surface area contributed by atoms with Crippen molar-refractivity contribution in [3.63, 3.8) is 0 Å². The van der Waals surface area contributed by atoms with Crippen molar-refractivity contribution in [2.75, 3.05) is 26.7 Å². The topological polar surface area (TPSA) is 12.5 Å². The van der Waals surface area contributed by atoms with Crippen LogP contribution in [0, 0.1) is 0 Å². The zero-order valence-electron chi connectivity index (χ0n) is 6.97. The summed E-state index contributed by atoms with van der Waals surface area (Å²) in [6.07, 6.45) is 3.14. The lowest BCUT2D eigenvalue weighted by atomic mass is 10.4. The average molecular weight is 143 g/mol. The maximum atomic E-state index is 5.17.